The van der Waals surface area contributed by atoms with Gasteiger partial charge < -0.3 is 19.3 Å². The van der Waals surface area contributed by atoms with Gasteiger partial charge in [-0.2, -0.15) is 0 Å². The van der Waals surface area contributed by atoms with Crippen molar-refractivity contribution in [3.63, 3.8) is 0 Å². The maximum absolute atomic E-state index is 13.9. The monoisotopic (exact) mass is 551 g/mol. The molecule has 0 aliphatic carbocycles. The fraction of sp³-hybridized carbons (Fsp3) is 0.344. The maximum atomic E-state index is 13.9. The lowest BCUT2D eigenvalue weighted by atomic mass is 10.1. The largest absolute Gasteiger partial charge is 0.336 e. The number of hydrogen-bond acceptors (Lipinski definition) is 5. The van der Waals surface area contributed by atoms with Gasteiger partial charge in [-0.3, -0.25) is 13.9 Å². The average molecular weight is 552 g/mol. The molecule has 0 N–H and O–H groups in total. The Morgan fingerprint density at radius 1 is 0.780 bits per heavy atom. The lowest BCUT2D eigenvalue weighted by Crippen LogP contribution is -2.47. The summed E-state index contributed by atoms with van der Waals surface area (Å²) in [7, 11) is 6.20. The quantitative estimate of drug-likeness (QED) is 0.296. The summed E-state index contributed by atoms with van der Waals surface area (Å²) in [6.45, 7) is 5.74. The molecule has 212 valence electrons. The molecule has 3 aromatic carbocycles. The van der Waals surface area contributed by atoms with E-state index in [1.54, 1.807) is 0 Å². The van der Waals surface area contributed by atoms with Gasteiger partial charge in [0.1, 0.15) is 5.82 Å². The van der Waals surface area contributed by atoms with Crippen LogP contribution in [0.5, 0.6) is 0 Å². The molecule has 9 heteroatoms. The minimum Gasteiger partial charge on any atom is -0.336 e. The van der Waals surface area contributed by atoms with Crippen LogP contribution >= 0.6 is 0 Å². The first kappa shape index (κ1) is 27.0. The van der Waals surface area contributed by atoms with Crippen LogP contribution < -0.4 is 5.69 Å². The molecule has 0 radical (unpaired) electrons. The third kappa shape index (κ3) is 5.42. The highest BCUT2D eigenvalue weighted by molar-refractivity contribution is 5.94. The van der Waals surface area contributed by atoms with Crippen molar-refractivity contribution in [2.45, 2.75) is 19.6 Å². The second-order valence-electron chi connectivity index (χ2n) is 11.2. The Kier molecular flexibility index (Phi) is 7.47. The molecule has 1 amide bonds. The Balaban J connectivity index is 1.29. The molecule has 6 rings (SSSR count). The number of rotatable bonds is 8. The normalized spacial score (nSPS) is 14.5. The van der Waals surface area contributed by atoms with E-state index in [-0.39, 0.29) is 11.6 Å². The summed E-state index contributed by atoms with van der Waals surface area (Å²) in [5.41, 5.74) is 5.36. The molecule has 5 aromatic rings. The van der Waals surface area contributed by atoms with Crippen LogP contribution in [0.3, 0.4) is 0 Å². The van der Waals surface area contributed by atoms with Crippen LogP contribution in [0.25, 0.3) is 22.1 Å². The van der Waals surface area contributed by atoms with Gasteiger partial charge in [-0.05, 0) is 63.1 Å². The van der Waals surface area contributed by atoms with Crippen molar-refractivity contribution in [2.75, 3.05) is 53.9 Å². The highest BCUT2D eigenvalue weighted by Gasteiger charge is 2.21. The van der Waals surface area contributed by atoms with E-state index < -0.39 is 0 Å². The number of likely N-dealkylation sites (N-methyl/N-ethyl adjacent to an activating group) is 2. The number of carbonyl (C=O) groups is 1. The molecular weight excluding hydrogens is 514 g/mol. The molecule has 3 heterocycles. The number of fused-ring (bicyclic) bond motifs is 2. The topological polar surface area (TPSA) is 71.5 Å². The number of benzene rings is 3. The highest BCUT2D eigenvalue weighted by Crippen LogP contribution is 2.20. The van der Waals surface area contributed by atoms with Gasteiger partial charge in [0.05, 0.1) is 35.2 Å². The van der Waals surface area contributed by atoms with Gasteiger partial charge in [-0.1, -0.05) is 36.4 Å². The molecule has 1 saturated heterocycles. The summed E-state index contributed by atoms with van der Waals surface area (Å²) in [5, 5.41) is 0. The van der Waals surface area contributed by atoms with Gasteiger partial charge in [0.2, 0.25) is 0 Å². The molecule has 1 aliphatic rings. The zero-order valence-electron chi connectivity index (χ0n) is 24.0. The Morgan fingerprint density at radius 3 is 2.05 bits per heavy atom. The summed E-state index contributed by atoms with van der Waals surface area (Å²) < 4.78 is 5.87. The molecule has 0 saturated carbocycles. The molecule has 41 heavy (non-hydrogen) atoms. The Labute approximate surface area is 239 Å². The number of nitrogens with zero attached hydrogens (tertiary/aromatic N) is 7. The smallest absolute Gasteiger partial charge is 0.329 e. The number of amides is 1. The van der Waals surface area contributed by atoms with Crippen LogP contribution in [0.2, 0.25) is 0 Å². The molecule has 9 nitrogen and oxygen atoms in total. The predicted octanol–water partition coefficient (Wildman–Crippen LogP) is 3.20. The third-order valence-corrected chi connectivity index (χ3v) is 8.06. The number of hydrogen-bond donors (Lipinski definition) is 0. The molecular formula is C32H37N7O2. The molecule has 2 aromatic heterocycles. The Hall–Kier alpha value is -4.21. The summed E-state index contributed by atoms with van der Waals surface area (Å²) in [6.07, 6.45) is 0. The van der Waals surface area contributed by atoms with E-state index >= 15 is 0 Å². The predicted molar refractivity (Wildman–Crippen MR) is 163 cm³/mol. The van der Waals surface area contributed by atoms with Crippen molar-refractivity contribution in [3.05, 3.63) is 100 Å². The van der Waals surface area contributed by atoms with Crippen LogP contribution in [0, 0.1) is 0 Å². The number of piperazine rings is 1. The lowest BCUT2D eigenvalue weighted by Gasteiger charge is -2.32. The fourth-order valence-electron chi connectivity index (χ4n) is 5.64. The van der Waals surface area contributed by atoms with E-state index in [4.69, 9.17) is 4.98 Å². The van der Waals surface area contributed by atoms with Gasteiger partial charge in [-0.25, -0.2) is 9.78 Å². The fourth-order valence-corrected chi connectivity index (χ4v) is 5.64. The number of carbonyl (C=O) groups excluding carboxylic acids is 1. The van der Waals surface area contributed by atoms with E-state index in [0.29, 0.717) is 18.7 Å². The molecule has 0 atom stereocenters. The van der Waals surface area contributed by atoms with Crippen LogP contribution in [-0.2, 0) is 19.6 Å². The lowest BCUT2D eigenvalue weighted by molar-refractivity contribution is 0.0664. The van der Waals surface area contributed by atoms with E-state index in [0.717, 1.165) is 72.7 Å². The van der Waals surface area contributed by atoms with Gasteiger partial charge in [0.25, 0.3) is 5.91 Å². The van der Waals surface area contributed by atoms with Gasteiger partial charge in [0, 0.05) is 44.8 Å². The second-order valence-corrected chi connectivity index (χ2v) is 11.2. The first-order valence-electron chi connectivity index (χ1n) is 14.2. The second kappa shape index (κ2) is 11.3. The van der Waals surface area contributed by atoms with Crippen molar-refractivity contribution in [1.29, 1.82) is 0 Å². The summed E-state index contributed by atoms with van der Waals surface area (Å²) in [6, 6.07) is 23.8. The minimum atomic E-state index is -0.0741. The molecule has 0 spiro atoms. The maximum Gasteiger partial charge on any atom is 0.329 e. The minimum absolute atomic E-state index is 0.0653. The van der Waals surface area contributed by atoms with E-state index in [1.165, 1.54) is 0 Å². The van der Waals surface area contributed by atoms with Crippen molar-refractivity contribution >= 4 is 28.0 Å². The first-order valence-corrected chi connectivity index (χ1v) is 14.2. The molecule has 0 unspecified atom stereocenters. The van der Waals surface area contributed by atoms with Gasteiger partial charge in [0.15, 0.2) is 0 Å². The van der Waals surface area contributed by atoms with Crippen LogP contribution in [-0.4, -0.2) is 93.2 Å². The molecule has 1 fully saturated rings. The Morgan fingerprint density at radius 2 is 1.39 bits per heavy atom. The van der Waals surface area contributed by atoms with E-state index in [1.807, 2.05) is 80.8 Å². The summed E-state index contributed by atoms with van der Waals surface area (Å²) in [4.78, 5) is 38.1. The van der Waals surface area contributed by atoms with Crippen LogP contribution in [0.15, 0.2) is 77.6 Å². The van der Waals surface area contributed by atoms with Crippen molar-refractivity contribution in [2.24, 2.45) is 0 Å². The molecule has 1 aliphatic heterocycles. The van der Waals surface area contributed by atoms with Crippen molar-refractivity contribution < 1.29 is 4.79 Å². The van der Waals surface area contributed by atoms with E-state index in [2.05, 4.69) is 41.6 Å². The third-order valence-electron chi connectivity index (χ3n) is 8.06. The van der Waals surface area contributed by atoms with Crippen LogP contribution in [0.4, 0.5) is 0 Å². The zero-order chi connectivity index (χ0) is 28.5. The van der Waals surface area contributed by atoms with Crippen molar-refractivity contribution in [3.8, 4) is 0 Å². The van der Waals surface area contributed by atoms with E-state index in [9.17, 15) is 9.59 Å². The number of aromatic nitrogens is 4. The number of para-hydroxylation sites is 4. The summed E-state index contributed by atoms with van der Waals surface area (Å²) in [5.74, 6) is 0.931. The van der Waals surface area contributed by atoms with Crippen molar-refractivity contribution in [1.82, 2.24) is 33.4 Å². The first-order chi connectivity index (χ1) is 19.9. The summed E-state index contributed by atoms with van der Waals surface area (Å²) >= 11 is 0. The number of imidazole rings is 2. The van der Waals surface area contributed by atoms with Crippen LogP contribution in [0.1, 0.15) is 21.7 Å². The zero-order valence-corrected chi connectivity index (χ0v) is 24.0. The Bertz CT molecular complexity index is 1740. The molecule has 0 bridgehead atoms. The highest BCUT2D eigenvalue weighted by atomic mass is 16.2. The average Bonchev–Trinajstić information content (AvgIpc) is 3.46. The van der Waals surface area contributed by atoms with Gasteiger partial charge >= 0.3 is 5.69 Å². The standard InChI is InChI=1S/C32H37N7O2/c1-34(2)16-21-37-27-9-5-4-8-26(27)33-30(37)23-39-29-11-7-6-10-28(29)38(32(39)41)22-24-12-14-25(15-13-24)31(40)36-19-17-35(3)18-20-36/h4-15H,16-23H2,1-3H3. The van der Waals surface area contributed by atoms with Gasteiger partial charge in [-0.15, -0.1) is 0 Å². The SMILES string of the molecule is CN(C)CCn1c(Cn2c(=O)n(Cc3ccc(C(=O)N4CCN(C)CC4)cc3)c3ccccc32)nc2ccccc21.